The van der Waals surface area contributed by atoms with E-state index < -0.39 is 0 Å². The Morgan fingerprint density at radius 3 is 2.70 bits per heavy atom. The minimum atomic E-state index is -0.192. The van der Waals surface area contributed by atoms with Crippen LogP contribution in [0.25, 0.3) is 11.3 Å². The highest BCUT2D eigenvalue weighted by Gasteiger charge is 2.31. The number of hydrogen-bond acceptors (Lipinski definition) is 6. The van der Waals surface area contributed by atoms with Crippen LogP contribution in [0.1, 0.15) is 17.5 Å². The van der Waals surface area contributed by atoms with E-state index in [4.69, 9.17) is 9.72 Å². The van der Waals surface area contributed by atoms with E-state index in [1.165, 1.54) is 11.3 Å². The number of benzene rings is 1. The number of pyridine rings is 1. The molecule has 30 heavy (non-hydrogen) atoms. The van der Waals surface area contributed by atoms with Crippen LogP contribution in [0.3, 0.4) is 0 Å². The molecule has 4 rings (SSSR count). The van der Waals surface area contributed by atoms with E-state index in [9.17, 15) is 9.59 Å². The van der Waals surface area contributed by atoms with Crippen molar-refractivity contribution in [3.63, 3.8) is 0 Å². The van der Waals surface area contributed by atoms with Gasteiger partial charge >= 0.3 is 0 Å². The Morgan fingerprint density at radius 1 is 1.13 bits per heavy atom. The molecule has 3 heterocycles. The first-order valence-corrected chi connectivity index (χ1v) is 10.6. The van der Waals surface area contributed by atoms with Crippen molar-refractivity contribution in [2.45, 2.75) is 12.5 Å². The van der Waals surface area contributed by atoms with E-state index >= 15 is 0 Å². The molecule has 1 saturated heterocycles. The van der Waals surface area contributed by atoms with Crippen molar-refractivity contribution >= 4 is 23.7 Å². The summed E-state index contributed by atoms with van der Waals surface area (Å²) >= 11 is 1.53. The predicted molar refractivity (Wildman–Crippen MR) is 114 cm³/mol. The number of nitrogens with zero attached hydrogens (tertiary/aromatic N) is 4. The maximum Gasteiger partial charge on any atom is 0.261 e. The minimum Gasteiger partial charge on any atom is -0.484 e. The lowest BCUT2D eigenvalue weighted by atomic mass is 10.1. The zero-order chi connectivity index (χ0) is 20.8. The predicted octanol–water partition coefficient (Wildman–Crippen LogP) is 3.02. The number of carbonyl (C=O) groups excluding carboxylic acids is 2. The summed E-state index contributed by atoms with van der Waals surface area (Å²) in [4.78, 5) is 36.7. The van der Waals surface area contributed by atoms with E-state index in [0.717, 1.165) is 22.7 Å². The van der Waals surface area contributed by atoms with Crippen molar-refractivity contribution in [2.24, 2.45) is 0 Å². The fourth-order valence-corrected chi connectivity index (χ4v) is 4.42. The fourth-order valence-electron chi connectivity index (χ4n) is 3.45. The third-order valence-electron chi connectivity index (χ3n) is 5.05. The average Bonchev–Trinajstić information content (AvgIpc) is 3.19. The van der Waals surface area contributed by atoms with Crippen LogP contribution in [-0.4, -0.2) is 58.3 Å². The van der Waals surface area contributed by atoms with Crippen molar-refractivity contribution in [1.29, 1.82) is 0 Å². The quantitative estimate of drug-likeness (QED) is 0.571. The monoisotopic (exact) mass is 422 g/mol. The molecular formula is C22H22N4O3S. The van der Waals surface area contributed by atoms with Gasteiger partial charge in [-0.05, 0) is 30.7 Å². The zero-order valence-corrected chi connectivity index (χ0v) is 17.2. The number of hydrogen-bond donors (Lipinski definition) is 0. The molecule has 0 N–H and O–H groups in total. The highest BCUT2D eigenvalue weighted by Crippen LogP contribution is 2.32. The summed E-state index contributed by atoms with van der Waals surface area (Å²) in [5.74, 6) is 0.540. The van der Waals surface area contributed by atoms with Gasteiger partial charge in [0.25, 0.3) is 5.91 Å². The largest absolute Gasteiger partial charge is 0.484 e. The Morgan fingerprint density at radius 2 is 1.93 bits per heavy atom. The summed E-state index contributed by atoms with van der Waals surface area (Å²) < 4.78 is 5.68. The van der Waals surface area contributed by atoms with Crippen LogP contribution in [0.15, 0.2) is 60.2 Å². The van der Waals surface area contributed by atoms with Gasteiger partial charge < -0.3 is 14.5 Å². The van der Waals surface area contributed by atoms with E-state index in [2.05, 4.69) is 4.98 Å². The molecule has 2 aromatic heterocycles. The molecular weight excluding hydrogens is 400 g/mol. The Hall–Kier alpha value is -3.26. The summed E-state index contributed by atoms with van der Waals surface area (Å²) in [6.07, 6.45) is 4.95. The molecule has 1 aliphatic rings. The highest BCUT2D eigenvalue weighted by molar-refractivity contribution is 7.10. The van der Waals surface area contributed by atoms with Gasteiger partial charge in [0.1, 0.15) is 10.8 Å². The van der Waals surface area contributed by atoms with Crippen LogP contribution >= 0.6 is 11.3 Å². The maximum atomic E-state index is 13.0. The van der Waals surface area contributed by atoms with Gasteiger partial charge in [-0.1, -0.05) is 18.2 Å². The number of rotatable bonds is 6. The number of amides is 2. The van der Waals surface area contributed by atoms with Crippen LogP contribution in [0.5, 0.6) is 5.75 Å². The van der Waals surface area contributed by atoms with Crippen LogP contribution in [-0.2, 0) is 9.59 Å². The molecule has 7 nitrogen and oxygen atoms in total. The maximum absolute atomic E-state index is 13.0. The average molecular weight is 423 g/mol. The third kappa shape index (κ3) is 4.65. The minimum absolute atomic E-state index is 0.0514. The lowest BCUT2D eigenvalue weighted by Crippen LogP contribution is -2.39. The molecule has 8 heteroatoms. The first kappa shape index (κ1) is 20.0. The number of ether oxygens (including phenoxy) is 1. The Labute approximate surface area is 178 Å². The SMILES string of the molecule is O=CN1CCC(c2nc(-c3ccncc3)cs2)N(C(=O)COc2ccccc2)CC1. The summed E-state index contributed by atoms with van der Waals surface area (Å²) in [7, 11) is 0. The smallest absolute Gasteiger partial charge is 0.261 e. The second-order valence-corrected chi connectivity index (χ2v) is 7.83. The second kappa shape index (κ2) is 9.49. The first-order valence-electron chi connectivity index (χ1n) is 9.77. The number of carbonyl (C=O) groups is 2. The number of aromatic nitrogens is 2. The standard InChI is InChI=1S/C22H22N4O3S/c27-16-25-11-8-20(22-24-19(15-30-22)17-6-9-23-10-7-17)26(13-12-25)21(28)14-29-18-4-2-1-3-5-18/h1-7,9-10,15-16,20H,8,11-14H2. The molecule has 154 valence electrons. The zero-order valence-electron chi connectivity index (χ0n) is 16.4. The van der Waals surface area contributed by atoms with Gasteiger partial charge in [-0.25, -0.2) is 4.98 Å². The van der Waals surface area contributed by atoms with Gasteiger partial charge in [-0.2, -0.15) is 0 Å². The topological polar surface area (TPSA) is 75.6 Å². The van der Waals surface area contributed by atoms with E-state index in [0.29, 0.717) is 31.8 Å². The molecule has 0 bridgehead atoms. The van der Waals surface area contributed by atoms with Crippen molar-refractivity contribution < 1.29 is 14.3 Å². The van der Waals surface area contributed by atoms with Gasteiger partial charge in [0.2, 0.25) is 6.41 Å². The molecule has 0 spiro atoms. The molecule has 0 aliphatic carbocycles. The molecule has 0 radical (unpaired) electrons. The van der Waals surface area contributed by atoms with Crippen molar-refractivity contribution in [2.75, 3.05) is 26.2 Å². The second-order valence-electron chi connectivity index (χ2n) is 6.94. The van der Waals surface area contributed by atoms with Crippen molar-refractivity contribution in [1.82, 2.24) is 19.8 Å². The van der Waals surface area contributed by atoms with E-state index in [1.807, 2.05) is 47.8 Å². The van der Waals surface area contributed by atoms with Gasteiger partial charge in [0, 0.05) is 43.0 Å². The van der Waals surface area contributed by atoms with E-state index in [-0.39, 0.29) is 18.6 Å². The Kier molecular flexibility index (Phi) is 6.34. The van der Waals surface area contributed by atoms with Crippen molar-refractivity contribution in [3.05, 3.63) is 65.2 Å². The molecule has 0 saturated carbocycles. The number of thiazole rings is 1. The van der Waals surface area contributed by atoms with Gasteiger partial charge in [0.15, 0.2) is 6.61 Å². The molecule has 3 aromatic rings. The Bertz CT molecular complexity index is 980. The Balaban J connectivity index is 1.54. The van der Waals surface area contributed by atoms with Gasteiger partial charge in [-0.15, -0.1) is 11.3 Å². The van der Waals surface area contributed by atoms with Crippen molar-refractivity contribution in [3.8, 4) is 17.0 Å². The fraction of sp³-hybridized carbons (Fsp3) is 0.273. The van der Waals surface area contributed by atoms with Crippen LogP contribution < -0.4 is 4.74 Å². The molecule has 1 aromatic carbocycles. The highest BCUT2D eigenvalue weighted by atomic mass is 32.1. The molecule has 1 unspecified atom stereocenters. The third-order valence-corrected chi connectivity index (χ3v) is 6.00. The van der Waals surface area contributed by atoms with Gasteiger partial charge in [0.05, 0.1) is 11.7 Å². The molecule has 1 atom stereocenters. The molecule has 1 aliphatic heterocycles. The lowest BCUT2D eigenvalue weighted by Gasteiger charge is -2.28. The normalized spacial score (nSPS) is 16.7. The molecule has 2 amide bonds. The van der Waals surface area contributed by atoms with Crippen LogP contribution in [0, 0.1) is 0 Å². The van der Waals surface area contributed by atoms with Crippen LogP contribution in [0.2, 0.25) is 0 Å². The number of para-hydroxylation sites is 1. The molecule has 1 fully saturated rings. The van der Waals surface area contributed by atoms with E-state index in [1.54, 1.807) is 22.2 Å². The first-order chi connectivity index (χ1) is 14.7. The van der Waals surface area contributed by atoms with Crippen LogP contribution in [0.4, 0.5) is 0 Å². The summed E-state index contributed by atoms with van der Waals surface area (Å²) in [5, 5.41) is 2.86. The lowest BCUT2D eigenvalue weighted by molar-refractivity contribution is -0.136. The summed E-state index contributed by atoms with van der Waals surface area (Å²) in [6.45, 7) is 1.48. The summed E-state index contributed by atoms with van der Waals surface area (Å²) in [5.41, 5.74) is 1.85. The van der Waals surface area contributed by atoms with Gasteiger partial charge in [-0.3, -0.25) is 14.6 Å². The summed E-state index contributed by atoms with van der Waals surface area (Å²) in [6, 6.07) is 12.9.